The van der Waals surface area contributed by atoms with Crippen molar-refractivity contribution in [3.8, 4) is 23.0 Å². The van der Waals surface area contributed by atoms with E-state index >= 15 is 0 Å². The van der Waals surface area contributed by atoms with Crippen LogP contribution >= 0.6 is 0 Å². The van der Waals surface area contributed by atoms with Gasteiger partial charge in [0.1, 0.15) is 17.1 Å². The second kappa shape index (κ2) is 8.14. The summed E-state index contributed by atoms with van der Waals surface area (Å²) in [5.74, 6) is -0.465. The zero-order chi connectivity index (χ0) is 24.0. The number of aryl methyl sites for hydroxylation is 1. The van der Waals surface area contributed by atoms with Crippen LogP contribution in [0.1, 0.15) is 22.8 Å². The van der Waals surface area contributed by atoms with Gasteiger partial charge in [0.15, 0.2) is 23.4 Å². The van der Waals surface area contributed by atoms with Crippen LogP contribution in [0.2, 0.25) is 0 Å². The maximum atomic E-state index is 13.3. The van der Waals surface area contributed by atoms with Crippen LogP contribution in [0, 0.1) is 6.92 Å². The van der Waals surface area contributed by atoms with Crippen molar-refractivity contribution in [3.63, 3.8) is 0 Å². The van der Waals surface area contributed by atoms with Gasteiger partial charge in [0.05, 0.1) is 31.1 Å². The Kier molecular flexibility index (Phi) is 5.12. The van der Waals surface area contributed by atoms with Gasteiger partial charge in [0.25, 0.3) is 5.91 Å². The Labute approximate surface area is 192 Å². The topological polar surface area (TPSA) is 133 Å². The van der Waals surface area contributed by atoms with Gasteiger partial charge in [-0.25, -0.2) is 4.79 Å². The molecule has 0 spiro atoms. The number of carbonyl (C=O) groups excluding carboxylic acids is 1. The predicted octanol–water partition coefficient (Wildman–Crippen LogP) is 3.34. The van der Waals surface area contributed by atoms with Crippen LogP contribution in [0.4, 0.5) is 5.82 Å². The summed E-state index contributed by atoms with van der Waals surface area (Å²) < 4.78 is 27.2. The number of fused-ring (bicyclic) bond motifs is 3. The third kappa shape index (κ3) is 3.40. The van der Waals surface area contributed by atoms with E-state index in [1.165, 1.54) is 26.4 Å². The van der Waals surface area contributed by atoms with Crippen LogP contribution in [-0.2, 0) is 4.79 Å². The van der Waals surface area contributed by atoms with E-state index in [1.54, 1.807) is 37.3 Å². The van der Waals surface area contributed by atoms with E-state index in [-0.39, 0.29) is 34.4 Å². The molecule has 0 bridgehead atoms. The van der Waals surface area contributed by atoms with E-state index in [0.29, 0.717) is 22.3 Å². The Hall–Kier alpha value is -4.47. The Bertz CT molecular complexity index is 1450. The molecule has 34 heavy (non-hydrogen) atoms. The molecular weight excluding hydrogens is 444 g/mol. The molecule has 1 amide bonds. The van der Waals surface area contributed by atoms with Crippen molar-refractivity contribution in [1.29, 1.82) is 0 Å². The average molecular weight is 464 g/mol. The van der Waals surface area contributed by atoms with Crippen molar-refractivity contribution in [3.05, 3.63) is 69.8 Å². The van der Waals surface area contributed by atoms with Crippen LogP contribution in [0.25, 0.3) is 11.0 Å². The van der Waals surface area contributed by atoms with Crippen molar-refractivity contribution >= 4 is 22.7 Å². The molecule has 2 aromatic heterocycles. The number of phenols is 1. The average Bonchev–Trinajstić information content (AvgIpc) is 3.43. The van der Waals surface area contributed by atoms with Gasteiger partial charge in [0.2, 0.25) is 5.75 Å². The first-order chi connectivity index (χ1) is 16.4. The zero-order valence-corrected chi connectivity index (χ0v) is 18.4. The first-order valence-corrected chi connectivity index (χ1v) is 10.3. The highest BCUT2D eigenvalue weighted by Gasteiger charge is 2.45. The van der Waals surface area contributed by atoms with Crippen molar-refractivity contribution < 1.29 is 33.1 Å². The minimum atomic E-state index is -1.17. The van der Waals surface area contributed by atoms with Crippen LogP contribution < -0.4 is 25.2 Å². The van der Waals surface area contributed by atoms with Crippen molar-refractivity contribution in [2.24, 2.45) is 0 Å². The van der Waals surface area contributed by atoms with E-state index < -0.39 is 23.6 Å². The van der Waals surface area contributed by atoms with E-state index in [0.717, 1.165) is 0 Å². The number of amides is 1. The summed E-state index contributed by atoms with van der Waals surface area (Å²) in [6.45, 7) is 1.69. The lowest BCUT2D eigenvalue weighted by Crippen LogP contribution is -2.35. The van der Waals surface area contributed by atoms with E-state index in [1.807, 2.05) is 0 Å². The number of ether oxygens (including phenoxy) is 3. The molecule has 0 unspecified atom stereocenters. The van der Waals surface area contributed by atoms with E-state index in [2.05, 4.69) is 10.5 Å². The van der Waals surface area contributed by atoms with Gasteiger partial charge in [-0.15, -0.1) is 0 Å². The van der Waals surface area contributed by atoms with Crippen molar-refractivity contribution in [2.75, 3.05) is 19.5 Å². The van der Waals surface area contributed by atoms with Crippen LogP contribution in [0.15, 0.2) is 56.2 Å². The molecule has 2 N–H and O–H groups in total. The fourth-order valence-corrected chi connectivity index (χ4v) is 4.14. The number of benzene rings is 2. The summed E-state index contributed by atoms with van der Waals surface area (Å²) in [5, 5.41) is 17.4. The van der Waals surface area contributed by atoms with Gasteiger partial charge in [-0.05, 0) is 36.8 Å². The number of nitrogens with one attached hydrogen (secondary N) is 1. The summed E-state index contributed by atoms with van der Waals surface area (Å²) in [6, 6.07) is 11.5. The summed E-state index contributed by atoms with van der Waals surface area (Å²) >= 11 is 0. The van der Waals surface area contributed by atoms with Gasteiger partial charge in [0, 0.05) is 6.07 Å². The third-order valence-electron chi connectivity index (χ3n) is 5.66. The van der Waals surface area contributed by atoms with Crippen LogP contribution in [0.5, 0.6) is 23.0 Å². The molecule has 2 atom stereocenters. The minimum absolute atomic E-state index is 0.110. The number of hydrogen-bond donors (Lipinski definition) is 2. The summed E-state index contributed by atoms with van der Waals surface area (Å²) in [5.41, 5.74) is 0.311. The van der Waals surface area contributed by atoms with Gasteiger partial charge in [-0.3, -0.25) is 4.79 Å². The van der Waals surface area contributed by atoms with Gasteiger partial charge in [-0.2, -0.15) is 0 Å². The highest BCUT2D eigenvalue weighted by Crippen LogP contribution is 2.48. The van der Waals surface area contributed by atoms with Crippen molar-refractivity contribution in [2.45, 2.75) is 18.9 Å². The number of nitrogens with zero attached hydrogens (tertiary/aromatic N) is 1. The van der Waals surface area contributed by atoms with E-state index in [4.69, 9.17) is 23.2 Å². The molecular formula is C24H20N2O8. The quantitative estimate of drug-likeness (QED) is 0.427. The third-order valence-corrected chi connectivity index (χ3v) is 5.66. The maximum Gasteiger partial charge on any atom is 0.344 e. The van der Waals surface area contributed by atoms with Gasteiger partial charge >= 0.3 is 5.63 Å². The number of phenolic OH excluding ortho intramolecular Hbond substituents is 1. The van der Waals surface area contributed by atoms with E-state index in [9.17, 15) is 14.7 Å². The molecule has 5 rings (SSSR count). The number of methoxy groups -OCH3 is 2. The lowest BCUT2D eigenvalue weighted by molar-refractivity contribution is -0.122. The maximum absolute atomic E-state index is 13.3. The lowest BCUT2D eigenvalue weighted by atomic mass is 9.87. The summed E-state index contributed by atoms with van der Waals surface area (Å²) in [7, 11) is 2.77. The number of rotatable bonds is 5. The number of para-hydroxylation sites is 1. The highest BCUT2D eigenvalue weighted by molar-refractivity contribution is 5.97. The van der Waals surface area contributed by atoms with Crippen LogP contribution in [0.3, 0.4) is 0 Å². The van der Waals surface area contributed by atoms with Gasteiger partial charge < -0.3 is 33.6 Å². The van der Waals surface area contributed by atoms with Gasteiger partial charge in [-0.1, -0.05) is 17.3 Å². The molecule has 0 saturated carbocycles. The second-order valence-corrected chi connectivity index (χ2v) is 7.73. The fraction of sp³-hybridized carbons (Fsp3) is 0.208. The monoisotopic (exact) mass is 464 g/mol. The molecule has 0 fully saturated rings. The number of aromatic nitrogens is 1. The summed E-state index contributed by atoms with van der Waals surface area (Å²) in [6.07, 6.45) is -1.17. The standard InChI is InChI=1S/C24H20N2O8/c1-11-8-17(26-34-11)25-23(28)22-18(12-9-15(30-2)20(27)16(10-12)31-3)19-21(33-22)13-6-4-5-7-14(13)32-24(19)29/h4-10,18,22,27H,1-3H3,(H,25,26,28)/t18-,22+/m0/s1. The molecule has 1 aliphatic heterocycles. The first kappa shape index (κ1) is 21.4. The lowest BCUT2D eigenvalue weighted by Gasteiger charge is -2.20. The molecule has 0 saturated heterocycles. The summed E-state index contributed by atoms with van der Waals surface area (Å²) in [4.78, 5) is 26.4. The predicted molar refractivity (Wildman–Crippen MR) is 120 cm³/mol. The minimum Gasteiger partial charge on any atom is -0.502 e. The smallest absolute Gasteiger partial charge is 0.344 e. The number of anilines is 1. The Balaban J connectivity index is 1.70. The molecule has 10 nitrogen and oxygen atoms in total. The number of hydrogen-bond acceptors (Lipinski definition) is 9. The number of carbonyl (C=O) groups is 1. The van der Waals surface area contributed by atoms with Crippen LogP contribution in [-0.4, -0.2) is 36.5 Å². The molecule has 0 aliphatic carbocycles. The number of aromatic hydroxyl groups is 1. The molecule has 4 aromatic rings. The zero-order valence-electron chi connectivity index (χ0n) is 18.4. The first-order valence-electron chi connectivity index (χ1n) is 10.3. The fourth-order valence-electron chi connectivity index (χ4n) is 4.14. The largest absolute Gasteiger partial charge is 0.502 e. The highest BCUT2D eigenvalue weighted by atomic mass is 16.5. The molecule has 10 heteroatoms. The Morgan fingerprint density at radius 1 is 1.12 bits per heavy atom. The molecule has 2 aromatic carbocycles. The Morgan fingerprint density at radius 2 is 1.82 bits per heavy atom. The second-order valence-electron chi connectivity index (χ2n) is 7.73. The normalized spacial score (nSPS) is 16.7. The SMILES string of the molecule is COc1cc([C@H]2c3c(c4ccccc4oc3=O)O[C@H]2C(=O)Nc2cc(C)on2)cc(OC)c1O. The molecule has 0 radical (unpaired) electrons. The molecule has 174 valence electrons. The Morgan fingerprint density at radius 3 is 2.47 bits per heavy atom. The molecule has 1 aliphatic rings. The molecule has 3 heterocycles. The van der Waals surface area contributed by atoms with Crippen molar-refractivity contribution in [1.82, 2.24) is 5.16 Å².